The molecule has 3 rings (SSSR count). The molecule has 1 heterocycles. The molecule has 132 valence electrons. The molecule has 1 amide bonds. The van der Waals surface area contributed by atoms with Gasteiger partial charge in [0, 0.05) is 16.3 Å². The van der Waals surface area contributed by atoms with Crippen molar-refractivity contribution in [2.45, 2.75) is 31.3 Å². The van der Waals surface area contributed by atoms with E-state index in [0.717, 1.165) is 16.7 Å². The van der Waals surface area contributed by atoms with Crippen LogP contribution in [0.3, 0.4) is 0 Å². The van der Waals surface area contributed by atoms with Crippen LogP contribution in [0.5, 0.6) is 5.75 Å². The fourth-order valence-electron chi connectivity index (χ4n) is 3.52. The fourth-order valence-corrected chi connectivity index (χ4v) is 5.60. The van der Waals surface area contributed by atoms with E-state index < -0.39 is 10.8 Å². The molecule has 2 N–H and O–H groups in total. The molecule has 3 nitrogen and oxygen atoms in total. The third kappa shape index (κ3) is 2.89. The molecule has 0 fully saturated rings. The lowest BCUT2D eigenvalue weighted by atomic mass is 9.70. The van der Waals surface area contributed by atoms with Crippen LogP contribution in [0.25, 0.3) is 0 Å². The van der Waals surface area contributed by atoms with E-state index in [1.807, 2.05) is 12.1 Å². The summed E-state index contributed by atoms with van der Waals surface area (Å²) >= 11 is 8.14. The summed E-state index contributed by atoms with van der Waals surface area (Å²) in [5, 5.41) is 0.512. The molecule has 0 saturated carbocycles. The highest BCUT2D eigenvalue weighted by Gasteiger charge is 2.51. The number of ether oxygens (including phenoxy) is 1. The number of carbonyl (C=O) groups excluding carboxylic acids is 1. The number of rotatable bonds is 2. The van der Waals surface area contributed by atoms with Crippen molar-refractivity contribution in [1.29, 1.82) is 0 Å². The minimum Gasteiger partial charge on any atom is -0.410 e. The highest BCUT2D eigenvalue weighted by atomic mass is 35.5. The van der Waals surface area contributed by atoms with Crippen molar-refractivity contribution in [3.05, 3.63) is 63.9 Å². The van der Waals surface area contributed by atoms with Gasteiger partial charge < -0.3 is 10.5 Å². The lowest BCUT2D eigenvalue weighted by molar-refractivity contribution is 0.210. The molecule has 2 aromatic carbocycles. The van der Waals surface area contributed by atoms with Crippen LogP contribution < -0.4 is 10.5 Å². The Kier molecular flexibility index (Phi) is 4.50. The molecular formula is C19H19ClFNO2S. The fraction of sp³-hybridized carbons (Fsp3) is 0.316. The SMILES string of the molecule is CC(C)(C)C1(c2cc(F)ccc2Cl)SCc2c(OC(N)=O)cccc21. The molecule has 25 heavy (non-hydrogen) atoms. The number of benzene rings is 2. The molecular weight excluding hydrogens is 361 g/mol. The molecule has 1 aliphatic heterocycles. The summed E-state index contributed by atoms with van der Waals surface area (Å²) in [7, 11) is 0. The number of carbonyl (C=O) groups is 1. The topological polar surface area (TPSA) is 52.3 Å². The lowest BCUT2D eigenvalue weighted by Crippen LogP contribution is -2.37. The summed E-state index contributed by atoms with van der Waals surface area (Å²) < 4.78 is 18.6. The van der Waals surface area contributed by atoms with Crippen molar-refractivity contribution in [1.82, 2.24) is 0 Å². The third-order valence-electron chi connectivity index (χ3n) is 4.52. The number of nitrogens with two attached hydrogens (primary N) is 1. The predicted octanol–water partition coefficient (Wildman–Crippen LogP) is 5.47. The number of hydrogen-bond acceptors (Lipinski definition) is 3. The Hall–Kier alpha value is -1.72. The minimum atomic E-state index is -0.851. The van der Waals surface area contributed by atoms with Gasteiger partial charge in [0.05, 0.1) is 4.75 Å². The van der Waals surface area contributed by atoms with Gasteiger partial charge in [-0.2, -0.15) is 0 Å². The van der Waals surface area contributed by atoms with Crippen molar-refractivity contribution in [3.8, 4) is 5.75 Å². The zero-order valence-electron chi connectivity index (χ0n) is 14.2. The first kappa shape index (κ1) is 18.1. The van der Waals surface area contributed by atoms with Crippen molar-refractivity contribution in [2.24, 2.45) is 11.1 Å². The zero-order valence-corrected chi connectivity index (χ0v) is 15.8. The second-order valence-electron chi connectivity index (χ2n) is 7.05. The molecule has 1 unspecified atom stereocenters. The molecule has 2 aromatic rings. The second kappa shape index (κ2) is 6.22. The van der Waals surface area contributed by atoms with E-state index in [-0.39, 0.29) is 11.2 Å². The van der Waals surface area contributed by atoms with E-state index in [9.17, 15) is 9.18 Å². The van der Waals surface area contributed by atoms with Crippen LogP contribution in [0.15, 0.2) is 36.4 Å². The maximum absolute atomic E-state index is 14.0. The lowest BCUT2D eigenvalue weighted by Gasteiger charge is -2.43. The summed E-state index contributed by atoms with van der Waals surface area (Å²) in [6.07, 6.45) is -0.851. The van der Waals surface area contributed by atoms with E-state index in [2.05, 4.69) is 20.8 Å². The quantitative estimate of drug-likeness (QED) is 0.752. The summed E-state index contributed by atoms with van der Waals surface area (Å²) in [4.78, 5) is 11.2. The van der Waals surface area contributed by atoms with Crippen LogP contribution in [0, 0.1) is 11.2 Å². The van der Waals surface area contributed by atoms with Crippen molar-refractivity contribution < 1.29 is 13.9 Å². The molecule has 0 saturated heterocycles. The standard InChI is InChI=1S/C19H19ClFNO2S/c1-18(2,3)19(14-9-11(21)7-8-15(14)20)13-5-4-6-16(24-17(22)23)12(13)10-25-19/h4-9H,10H2,1-3H3,(H2,22,23). The van der Waals surface area contributed by atoms with Crippen LogP contribution in [-0.2, 0) is 10.5 Å². The van der Waals surface area contributed by atoms with E-state index in [0.29, 0.717) is 16.5 Å². The van der Waals surface area contributed by atoms with Crippen molar-refractivity contribution >= 4 is 29.5 Å². The van der Waals surface area contributed by atoms with Crippen LogP contribution in [0.4, 0.5) is 9.18 Å². The Labute approximate surface area is 155 Å². The maximum Gasteiger partial charge on any atom is 0.409 e. The van der Waals surface area contributed by atoms with E-state index in [4.69, 9.17) is 22.1 Å². The van der Waals surface area contributed by atoms with Gasteiger partial charge >= 0.3 is 6.09 Å². The first-order valence-corrected chi connectivity index (χ1v) is 9.22. The summed E-state index contributed by atoms with van der Waals surface area (Å²) in [5.41, 5.74) is 7.50. The predicted molar refractivity (Wildman–Crippen MR) is 99.6 cm³/mol. The Balaban J connectivity index is 2.29. The monoisotopic (exact) mass is 379 g/mol. The Bertz CT molecular complexity index is 850. The largest absolute Gasteiger partial charge is 0.410 e. The molecule has 6 heteroatoms. The van der Waals surface area contributed by atoms with Crippen LogP contribution in [-0.4, -0.2) is 6.09 Å². The summed E-state index contributed by atoms with van der Waals surface area (Å²) in [6, 6.07) is 9.96. The molecule has 1 aliphatic rings. The van der Waals surface area contributed by atoms with Gasteiger partial charge in [-0.3, -0.25) is 0 Å². The average molecular weight is 380 g/mol. The van der Waals surface area contributed by atoms with Gasteiger partial charge in [0.25, 0.3) is 0 Å². The van der Waals surface area contributed by atoms with E-state index >= 15 is 0 Å². The van der Waals surface area contributed by atoms with E-state index in [1.54, 1.807) is 23.9 Å². The van der Waals surface area contributed by atoms with Crippen molar-refractivity contribution in [3.63, 3.8) is 0 Å². The maximum atomic E-state index is 14.0. The Morgan fingerprint density at radius 1 is 1.28 bits per heavy atom. The summed E-state index contributed by atoms with van der Waals surface area (Å²) in [6.45, 7) is 6.29. The van der Waals surface area contributed by atoms with Crippen LogP contribution in [0.2, 0.25) is 5.02 Å². The number of hydrogen-bond donors (Lipinski definition) is 1. The minimum absolute atomic E-state index is 0.272. The highest BCUT2D eigenvalue weighted by molar-refractivity contribution is 8.00. The van der Waals surface area contributed by atoms with Gasteiger partial charge in [0.2, 0.25) is 0 Å². The molecule has 1 atom stereocenters. The van der Waals surface area contributed by atoms with Crippen LogP contribution in [0.1, 0.15) is 37.5 Å². The number of halogens is 2. The van der Waals surface area contributed by atoms with Gasteiger partial charge in [-0.25, -0.2) is 9.18 Å². The highest BCUT2D eigenvalue weighted by Crippen LogP contribution is 2.63. The number of amides is 1. The smallest absolute Gasteiger partial charge is 0.409 e. The normalized spacial score (nSPS) is 19.6. The zero-order chi connectivity index (χ0) is 18.4. The van der Waals surface area contributed by atoms with Gasteiger partial charge in [-0.1, -0.05) is 44.5 Å². The van der Waals surface area contributed by atoms with Crippen molar-refractivity contribution in [2.75, 3.05) is 0 Å². The van der Waals surface area contributed by atoms with Gasteiger partial charge in [0.1, 0.15) is 11.6 Å². The number of thioether (sulfide) groups is 1. The molecule has 0 aromatic heterocycles. The third-order valence-corrected chi connectivity index (χ3v) is 6.77. The average Bonchev–Trinajstić information content (AvgIpc) is 2.90. The molecule has 0 spiro atoms. The van der Waals surface area contributed by atoms with Crippen LogP contribution >= 0.6 is 23.4 Å². The Morgan fingerprint density at radius 3 is 2.64 bits per heavy atom. The number of primary amides is 1. The Morgan fingerprint density at radius 2 is 2.00 bits per heavy atom. The molecule has 0 radical (unpaired) electrons. The first-order valence-electron chi connectivity index (χ1n) is 7.86. The van der Waals surface area contributed by atoms with Gasteiger partial charge in [0.15, 0.2) is 0 Å². The van der Waals surface area contributed by atoms with E-state index in [1.165, 1.54) is 12.1 Å². The summed E-state index contributed by atoms with van der Waals surface area (Å²) in [5.74, 6) is 0.723. The van der Waals surface area contributed by atoms with Gasteiger partial charge in [-0.05, 0) is 40.8 Å². The first-order chi connectivity index (χ1) is 11.7. The molecule has 0 bridgehead atoms. The molecule has 0 aliphatic carbocycles. The number of fused-ring (bicyclic) bond motifs is 1. The second-order valence-corrected chi connectivity index (χ2v) is 8.64. The van der Waals surface area contributed by atoms with Gasteiger partial charge in [-0.15, -0.1) is 11.8 Å².